The Morgan fingerprint density at radius 2 is 1.56 bits per heavy atom. The first kappa shape index (κ1) is 24.9. The normalized spacial score (nSPS) is 10.9. The zero-order chi connectivity index (χ0) is 24.7. The van der Waals surface area contributed by atoms with Crippen molar-refractivity contribution in [2.45, 2.75) is 13.5 Å². The number of ether oxygens (including phenoxy) is 3. The van der Waals surface area contributed by atoms with E-state index in [-0.39, 0.29) is 17.8 Å². The number of nitrogens with zero attached hydrogens (tertiary/aromatic N) is 1. The lowest BCUT2D eigenvalue weighted by molar-refractivity contribution is 0.102. The molecule has 9 heteroatoms. The summed E-state index contributed by atoms with van der Waals surface area (Å²) in [7, 11) is -0.865. The summed E-state index contributed by atoms with van der Waals surface area (Å²) in [4.78, 5) is 13.3. The van der Waals surface area contributed by atoms with Gasteiger partial charge >= 0.3 is 0 Å². The Morgan fingerprint density at radius 3 is 2.12 bits per heavy atom. The van der Waals surface area contributed by atoms with Crippen molar-refractivity contribution in [3.63, 3.8) is 0 Å². The second-order valence-corrected chi connectivity index (χ2v) is 9.30. The quantitative estimate of drug-likeness (QED) is 0.461. The van der Waals surface area contributed by atoms with Crippen LogP contribution in [0.25, 0.3) is 0 Å². The summed E-state index contributed by atoms with van der Waals surface area (Å²) in [6.07, 6.45) is 1.10. The van der Waals surface area contributed by atoms with Gasteiger partial charge in [0.05, 0.1) is 44.9 Å². The van der Waals surface area contributed by atoms with Crippen molar-refractivity contribution >= 4 is 27.3 Å². The molecule has 0 bridgehead atoms. The first-order chi connectivity index (χ1) is 16.3. The van der Waals surface area contributed by atoms with Crippen LogP contribution in [0.2, 0.25) is 0 Å². The minimum absolute atomic E-state index is 0.0402. The summed E-state index contributed by atoms with van der Waals surface area (Å²) in [5, 5.41) is 2.81. The molecule has 0 aliphatic heterocycles. The molecule has 0 saturated heterocycles. The van der Waals surface area contributed by atoms with E-state index in [1.165, 1.54) is 30.7 Å². The molecule has 0 spiro atoms. The highest BCUT2D eigenvalue weighted by Crippen LogP contribution is 2.37. The molecule has 0 heterocycles. The van der Waals surface area contributed by atoms with Gasteiger partial charge in [-0.05, 0) is 42.8 Å². The molecule has 3 aromatic carbocycles. The van der Waals surface area contributed by atoms with Gasteiger partial charge in [0, 0.05) is 11.8 Å². The third-order valence-corrected chi connectivity index (χ3v) is 6.13. The lowest BCUT2D eigenvalue weighted by atomic mass is 10.1. The van der Waals surface area contributed by atoms with Crippen molar-refractivity contribution in [3.05, 3.63) is 77.9 Å². The number of nitrogens with one attached hydrogen (secondary N) is 1. The number of carbonyl (C=O) groups is 1. The van der Waals surface area contributed by atoms with Gasteiger partial charge in [-0.15, -0.1) is 0 Å². The Labute approximate surface area is 200 Å². The van der Waals surface area contributed by atoms with Crippen LogP contribution in [0.1, 0.15) is 22.8 Å². The molecule has 0 saturated carbocycles. The topological polar surface area (TPSA) is 94.2 Å². The molecule has 0 unspecified atom stereocenters. The maximum atomic E-state index is 13.3. The molecule has 0 aliphatic carbocycles. The lowest BCUT2D eigenvalue weighted by Gasteiger charge is -2.26. The summed E-state index contributed by atoms with van der Waals surface area (Å²) in [6.45, 7) is 2.46. The number of amides is 1. The van der Waals surface area contributed by atoms with E-state index in [9.17, 15) is 13.2 Å². The molecule has 0 atom stereocenters. The summed E-state index contributed by atoms with van der Waals surface area (Å²) in [6, 6.07) is 19.0. The number of methoxy groups -OCH3 is 2. The van der Waals surface area contributed by atoms with Gasteiger partial charge in [-0.3, -0.25) is 9.10 Å². The van der Waals surface area contributed by atoms with Crippen LogP contribution < -0.4 is 23.8 Å². The van der Waals surface area contributed by atoms with E-state index in [1.54, 1.807) is 24.3 Å². The number of carbonyl (C=O) groups excluding carboxylic acids is 1. The fourth-order valence-electron chi connectivity index (χ4n) is 3.39. The van der Waals surface area contributed by atoms with Crippen LogP contribution in [-0.2, 0) is 16.6 Å². The van der Waals surface area contributed by atoms with Gasteiger partial charge in [0.25, 0.3) is 5.91 Å². The number of benzene rings is 3. The first-order valence-corrected chi connectivity index (χ1v) is 12.4. The highest BCUT2D eigenvalue weighted by atomic mass is 32.2. The predicted molar refractivity (Wildman–Crippen MR) is 133 cm³/mol. The van der Waals surface area contributed by atoms with Gasteiger partial charge in [0.1, 0.15) is 5.75 Å². The van der Waals surface area contributed by atoms with Crippen LogP contribution in [0.5, 0.6) is 17.2 Å². The van der Waals surface area contributed by atoms with Crippen molar-refractivity contribution in [3.8, 4) is 17.2 Å². The van der Waals surface area contributed by atoms with E-state index in [0.717, 1.165) is 11.8 Å². The molecular weight excluding hydrogens is 456 g/mol. The predicted octanol–water partition coefficient (Wildman–Crippen LogP) is 4.32. The molecule has 180 valence electrons. The Balaban J connectivity index is 2.06. The van der Waals surface area contributed by atoms with Crippen LogP contribution in [0.3, 0.4) is 0 Å². The summed E-state index contributed by atoms with van der Waals surface area (Å²) >= 11 is 0. The van der Waals surface area contributed by atoms with Crippen LogP contribution >= 0.6 is 0 Å². The fourth-order valence-corrected chi connectivity index (χ4v) is 4.28. The second-order valence-electron chi connectivity index (χ2n) is 7.39. The van der Waals surface area contributed by atoms with Crippen molar-refractivity contribution in [1.82, 2.24) is 0 Å². The summed E-state index contributed by atoms with van der Waals surface area (Å²) < 4.78 is 43.0. The molecule has 0 aliphatic rings. The average molecular weight is 485 g/mol. The molecule has 0 fully saturated rings. The third-order valence-electron chi connectivity index (χ3n) is 5.01. The zero-order valence-electron chi connectivity index (χ0n) is 19.6. The number of anilines is 2. The SMILES string of the molecule is CCOc1ccc(NC(=O)c2cc(OC)c(OC)cc2N(Cc2ccccc2)S(C)(=O)=O)cc1. The Hall–Kier alpha value is -3.72. The maximum absolute atomic E-state index is 13.3. The molecule has 1 amide bonds. The van der Waals surface area contributed by atoms with Gasteiger partial charge < -0.3 is 19.5 Å². The van der Waals surface area contributed by atoms with Crippen molar-refractivity contribution in [2.24, 2.45) is 0 Å². The van der Waals surface area contributed by atoms with Crippen LogP contribution in [0, 0.1) is 0 Å². The van der Waals surface area contributed by atoms with E-state index >= 15 is 0 Å². The Morgan fingerprint density at radius 1 is 0.941 bits per heavy atom. The molecular formula is C25H28N2O6S. The van der Waals surface area contributed by atoms with Gasteiger partial charge in [0.2, 0.25) is 10.0 Å². The minimum Gasteiger partial charge on any atom is -0.494 e. The number of rotatable bonds is 10. The van der Waals surface area contributed by atoms with Crippen molar-refractivity contribution < 1.29 is 27.4 Å². The number of hydrogen-bond acceptors (Lipinski definition) is 6. The Bertz CT molecular complexity index is 1230. The first-order valence-electron chi connectivity index (χ1n) is 10.6. The monoisotopic (exact) mass is 484 g/mol. The molecule has 0 aromatic heterocycles. The summed E-state index contributed by atoms with van der Waals surface area (Å²) in [5.74, 6) is 0.785. The van der Waals surface area contributed by atoms with Crippen molar-refractivity contribution in [2.75, 3.05) is 36.7 Å². The van der Waals surface area contributed by atoms with Crippen LogP contribution in [0.15, 0.2) is 66.7 Å². The largest absolute Gasteiger partial charge is 0.494 e. The van der Waals surface area contributed by atoms with E-state index < -0.39 is 15.9 Å². The highest BCUT2D eigenvalue weighted by Gasteiger charge is 2.26. The van der Waals surface area contributed by atoms with Gasteiger partial charge in [-0.1, -0.05) is 30.3 Å². The fraction of sp³-hybridized carbons (Fsp3) is 0.240. The minimum atomic E-state index is -3.76. The highest BCUT2D eigenvalue weighted by molar-refractivity contribution is 7.92. The zero-order valence-corrected chi connectivity index (χ0v) is 20.4. The third kappa shape index (κ3) is 5.99. The van der Waals surface area contributed by atoms with Crippen molar-refractivity contribution in [1.29, 1.82) is 0 Å². The molecule has 8 nitrogen and oxygen atoms in total. The average Bonchev–Trinajstić information content (AvgIpc) is 2.83. The van der Waals surface area contributed by atoms with Crippen LogP contribution in [0.4, 0.5) is 11.4 Å². The van der Waals surface area contributed by atoms with E-state index in [0.29, 0.717) is 29.5 Å². The van der Waals surface area contributed by atoms with Crippen LogP contribution in [-0.4, -0.2) is 41.4 Å². The van der Waals surface area contributed by atoms with E-state index in [2.05, 4.69) is 5.32 Å². The molecule has 3 rings (SSSR count). The summed E-state index contributed by atoms with van der Waals surface area (Å²) in [5.41, 5.74) is 1.59. The second kappa shape index (κ2) is 10.9. The van der Waals surface area contributed by atoms with Gasteiger partial charge in [0.15, 0.2) is 11.5 Å². The number of hydrogen-bond donors (Lipinski definition) is 1. The molecule has 0 radical (unpaired) electrons. The van der Waals surface area contributed by atoms with Gasteiger partial charge in [-0.2, -0.15) is 0 Å². The Kier molecular flexibility index (Phi) is 8.01. The standard InChI is InChI=1S/C25H28N2O6S/c1-5-33-20-13-11-19(12-14-20)26-25(28)21-15-23(31-2)24(32-3)16-22(21)27(34(4,29)30)17-18-9-7-6-8-10-18/h6-16H,5,17H2,1-4H3,(H,26,28). The number of sulfonamides is 1. The van der Waals surface area contributed by atoms with E-state index in [4.69, 9.17) is 14.2 Å². The smallest absolute Gasteiger partial charge is 0.257 e. The van der Waals surface area contributed by atoms with Gasteiger partial charge in [-0.25, -0.2) is 8.42 Å². The molecule has 1 N–H and O–H groups in total. The van der Waals surface area contributed by atoms with E-state index in [1.807, 2.05) is 37.3 Å². The molecule has 34 heavy (non-hydrogen) atoms. The lowest BCUT2D eigenvalue weighted by Crippen LogP contribution is -2.31. The maximum Gasteiger partial charge on any atom is 0.257 e. The molecule has 3 aromatic rings.